The van der Waals surface area contributed by atoms with Gasteiger partial charge in [-0.2, -0.15) is 0 Å². The zero-order valence-electron chi connectivity index (χ0n) is 11.4. The molecule has 3 N–H and O–H groups in total. The lowest BCUT2D eigenvalue weighted by Crippen LogP contribution is -2.26. The molecule has 5 heteroatoms. The van der Waals surface area contributed by atoms with Gasteiger partial charge in [0.15, 0.2) is 5.84 Å². The van der Waals surface area contributed by atoms with E-state index in [0.717, 1.165) is 24.8 Å². The number of amidine groups is 1. The molecule has 1 aliphatic rings. The Bertz CT molecular complexity index is 447. The Morgan fingerprint density at radius 2 is 2.32 bits per heavy atom. The number of oxime groups is 1. The van der Waals surface area contributed by atoms with E-state index >= 15 is 0 Å². The third-order valence-electron chi connectivity index (χ3n) is 3.85. The molecule has 0 bridgehead atoms. The van der Waals surface area contributed by atoms with Crippen LogP contribution in [0.2, 0.25) is 0 Å². The lowest BCUT2D eigenvalue weighted by Gasteiger charge is -2.22. The van der Waals surface area contributed by atoms with E-state index in [9.17, 15) is 0 Å². The predicted octanol–water partition coefficient (Wildman–Crippen LogP) is 2.19. The first kappa shape index (κ1) is 13.6. The highest BCUT2D eigenvalue weighted by atomic mass is 16.4. The van der Waals surface area contributed by atoms with E-state index in [1.54, 1.807) is 6.07 Å². The molecule has 1 unspecified atom stereocenters. The van der Waals surface area contributed by atoms with Gasteiger partial charge in [-0.05, 0) is 37.3 Å². The summed E-state index contributed by atoms with van der Waals surface area (Å²) in [7, 11) is 0. The maximum Gasteiger partial charge on any atom is 0.188 e. The van der Waals surface area contributed by atoms with Gasteiger partial charge in [0.05, 0.1) is 0 Å². The van der Waals surface area contributed by atoms with Crippen LogP contribution in [0.5, 0.6) is 0 Å². The molecule has 0 radical (unpaired) electrons. The van der Waals surface area contributed by atoms with Crippen LogP contribution in [-0.4, -0.2) is 29.1 Å². The van der Waals surface area contributed by atoms with Gasteiger partial charge in [-0.25, -0.2) is 4.98 Å². The molecular formula is C14H22N4O. The van der Waals surface area contributed by atoms with Gasteiger partial charge in [-0.15, -0.1) is 0 Å². The molecule has 0 aliphatic carbocycles. The highest BCUT2D eigenvalue weighted by Gasteiger charge is 2.17. The number of aromatic nitrogens is 1. The van der Waals surface area contributed by atoms with E-state index in [-0.39, 0.29) is 5.84 Å². The highest BCUT2D eigenvalue weighted by molar-refractivity contribution is 5.95. The molecule has 2 rings (SSSR count). The van der Waals surface area contributed by atoms with Crippen LogP contribution in [0.15, 0.2) is 23.4 Å². The van der Waals surface area contributed by atoms with E-state index in [1.165, 1.54) is 25.7 Å². The molecule has 1 aromatic heterocycles. The van der Waals surface area contributed by atoms with Gasteiger partial charge in [0, 0.05) is 13.1 Å². The summed E-state index contributed by atoms with van der Waals surface area (Å²) in [6, 6.07) is 5.64. The first-order chi connectivity index (χ1) is 9.24. The molecule has 5 nitrogen and oxygen atoms in total. The minimum atomic E-state index is 0.0584. The van der Waals surface area contributed by atoms with E-state index in [4.69, 9.17) is 10.9 Å². The first-order valence-electron chi connectivity index (χ1n) is 6.94. The van der Waals surface area contributed by atoms with Crippen molar-refractivity contribution in [3.63, 3.8) is 0 Å². The fourth-order valence-corrected chi connectivity index (χ4v) is 2.60. The topological polar surface area (TPSA) is 74.7 Å². The first-order valence-corrected chi connectivity index (χ1v) is 6.94. The smallest absolute Gasteiger partial charge is 0.188 e. The molecule has 0 amide bonds. The Kier molecular flexibility index (Phi) is 4.60. The molecule has 1 atom stereocenters. The van der Waals surface area contributed by atoms with Crippen molar-refractivity contribution >= 4 is 11.7 Å². The Labute approximate surface area is 114 Å². The minimum absolute atomic E-state index is 0.0584. The SMILES string of the molecule is CCC1CCCN(c2cccc(C(N)=NO)n2)CC1. The van der Waals surface area contributed by atoms with Crippen molar-refractivity contribution < 1.29 is 5.21 Å². The highest BCUT2D eigenvalue weighted by Crippen LogP contribution is 2.23. The molecule has 1 aromatic rings. The molecule has 0 spiro atoms. The fraction of sp³-hybridized carbons (Fsp3) is 0.571. The third-order valence-corrected chi connectivity index (χ3v) is 3.85. The van der Waals surface area contributed by atoms with Crippen LogP contribution in [-0.2, 0) is 0 Å². The molecular weight excluding hydrogens is 240 g/mol. The van der Waals surface area contributed by atoms with E-state index in [0.29, 0.717) is 5.69 Å². The Balaban J connectivity index is 2.13. The van der Waals surface area contributed by atoms with Gasteiger partial charge in [-0.3, -0.25) is 0 Å². The summed E-state index contributed by atoms with van der Waals surface area (Å²) in [5.74, 6) is 1.81. The molecule has 1 saturated heterocycles. The van der Waals surface area contributed by atoms with E-state index in [1.807, 2.05) is 12.1 Å². The van der Waals surface area contributed by atoms with Gasteiger partial charge in [0.1, 0.15) is 11.5 Å². The number of pyridine rings is 1. The van der Waals surface area contributed by atoms with Crippen LogP contribution < -0.4 is 10.6 Å². The Morgan fingerprint density at radius 3 is 3.05 bits per heavy atom. The fourth-order valence-electron chi connectivity index (χ4n) is 2.60. The van der Waals surface area contributed by atoms with Crippen LogP contribution in [0, 0.1) is 5.92 Å². The number of hydrogen-bond donors (Lipinski definition) is 2. The summed E-state index contributed by atoms with van der Waals surface area (Å²) in [6.45, 7) is 4.33. The lowest BCUT2D eigenvalue weighted by molar-refractivity contribution is 0.318. The molecule has 0 saturated carbocycles. The summed E-state index contributed by atoms with van der Waals surface area (Å²) >= 11 is 0. The second-order valence-electron chi connectivity index (χ2n) is 5.06. The molecule has 1 fully saturated rings. The van der Waals surface area contributed by atoms with Crippen molar-refractivity contribution in [2.45, 2.75) is 32.6 Å². The molecule has 0 aromatic carbocycles. The second kappa shape index (κ2) is 6.41. The summed E-state index contributed by atoms with van der Waals surface area (Å²) in [4.78, 5) is 6.77. The average Bonchev–Trinajstić information content (AvgIpc) is 2.72. The van der Waals surface area contributed by atoms with Gasteiger partial charge >= 0.3 is 0 Å². The normalized spacial score (nSPS) is 21.2. The van der Waals surface area contributed by atoms with Crippen molar-refractivity contribution in [2.75, 3.05) is 18.0 Å². The Morgan fingerprint density at radius 1 is 1.47 bits per heavy atom. The zero-order valence-corrected chi connectivity index (χ0v) is 11.4. The number of nitrogens with zero attached hydrogens (tertiary/aromatic N) is 3. The molecule has 104 valence electrons. The minimum Gasteiger partial charge on any atom is -0.409 e. The van der Waals surface area contributed by atoms with Gasteiger partial charge in [0.25, 0.3) is 0 Å². The zero-order chi connectivity index (χ0) is 13.7. The molecule has 2 heterocycles. The van der Waals surface area contributed by atoms with Gasteiger partial charge < -0.3 is 15.8 Å². The van der Waals surface area contributed by atoms with Gasteiger partial charge in [-0.1, -0.05) is 24.6 Å². The quantitative estimate of drug-likeness (QED) is 0.379. The second-order valence-corrected chi connectivity index (χ2v) is 5.06. The number of nitrogens with two attached hydrogens (primary N) is 1. The average molecular weight is 262 g/mol. The maximum absolute atomic E-state index is 8.71. The van der Waals surface area contributed by atoms with Crippen molar-refractivity contribution in [3.8, 4) is 0 Å². The van der Waals surface area contributed by atoms with Crippen LogP contribution in [0.25, 0.3) is 0 Å². The van der Waals surface area contributed by atoms with E-state index in [2.05, 4.69) is 22.0 Å². The van der Waals surface area contributed by atoms with Crippen molar-refractivity contribution in [1.82, 2.24) is 4.98 Å². The summed E-state index contributed by atoms with van der Waals surface area (Å²) < 4.78 is 0. The van der Waals surface area contributed by atoms with Crippen LogP contribution in [0.4, 0.5) is 5.82 Å². The number of rotatable bonds is 3. The maximum atomic E-state index is 8.71. The van der Waals surface area contributed by atoms with Gasteiger partial charge in [0.2, 0.25) is 0 Å². The lowest BCUT2D eigenvalue weighted by atomic mass is 9.98. The summed E-state index contributed by atoms with van der Waals surface area (Å²) in [6.07, 6.45) is 4.97. The summed E-state index contributed by atoms with van der Waals surface area (Å²) in [5, 5.41) is 11.7. The summed E-state index contributed by atoms with van der Waals surface area (Å²) in [5.41, 5.74) is 6.11. The molecule has 1 aliphatic heterocycles. The predicted molar refractivity (Wildman–Crippen MR) is 76.6 cm³/mol. The monoisotopic (exact) mass is 262 g/mol. The van der Waals surface area contributed by atoms with Crippen molar-refractivity contribution in [2.24, 2.45) is 16.8 Å². The van der Waals surface area contributed by atoms with Crippen LogP contribution >= 0.6 is 0 Å². The Hall–Kier alpha value is -1.78. The number of anilines is 1. The number of hydrogen-bond acceptors (Lipinski definition) is 4. The van der Waals surface area contributed by atoms with E-state index < -0.39 is 0 Å². The van der Waals surface area contributed by atoms with Crippen molar-refractivity contribution in [1.29, 1.82) is 0 Å². The van der Waals surface area contributed by atoms with Crippen LogP contribution in [0.1, 0.15) is 38.3 Å². The third kappa shape index (κ3) is 3.36. The van der Waals surface area contributed by atoms with Crippen LogP contribution in [0.3, 0.4) is 0 Å². The standard InChI is InChI=1S/C14H22N4O/c1-2-11-5-4-9-18(10-8-11)13-7-3-6-12(16-13)14(15)17-19/h3,6-7,11,19H,2,4-5,8-10H2,1H3,(H2,15,17). The largest absolute Gasteiger partial charge is 0.409 e. The molecule has 19 heavy (non-hydrogen) atoms. The van der Waals surface area contributed by atoms with Crippen molar-refractivity contribution in [3.05, 3.63) is 23.9 Å².